The van der Waals surface area contributed by atoms with Crippen LogP contribution in [0.2, 0.25) is 0 Å². The van der Waals surface area contributed by atoms with Crippen LogP contribution >= 0.6 is 11.3 Å². The maximum atomic E-state index is 12.2. The molecule has 3 N–H and O–H groups in total. The SMILES string of the molecule is COc1c(N)cc(C(=O)Nc2nnc(-n3nccc3C)s2)oc1=O. The Morgan fingerprint density at radius 1 is 1.46 bits per heavy atom. The molecule has 0 saturated carbocycles. The Bertz CT molecular complexity index is 960. The van der Waals surface area contributed by atoms with Crippen molar-refractivity contribution in [2.24, 2.45) is 0 Å². The van der Waals surface area contributed by atoms with E-state index in [4.69, 9.17) is 14.9 Å². The number of hydrogen-bond donors (Lipinski definition) is 2. The van der Waals surface area contributed by atoms with Gasteiger partial charge in [-0.25, -0.2) is 9.48 Å². The minimum Gasteiger partial charge on any atom is -0.488 e. The molecule has 124 valence electrons. The molecule has 0 fully saturated rings. The fourth-order valence-electron chi connectivity index (χ4n) is 1.89. The maximum absolute atomic E-state index is 12.2. The van der Waals surface area contributed by atoms with Crippen molar-refractivity contribution >= 4 is 28.1 Å². The molecule has 3 aromatic heterocycles. The third-order valence-electron chi connectivity index (χ3n) is 3.01. The average molecular weight is 348 g/mol. The molecule has 24 heavy (non-hydrogen) atoms. The van der Waals surface area contributed by atoms with E-state index in [2.05, 4.69) is 20.6 Å². The lowest BCUT2D eigenvalue weighted by Gasteiger charge is -2.04. The molecule has 3 heterocycles. The molecule has 11 heteroatoms. The van der Waals surface area contributed by atoms with Gasteiger partial charge in [0.1, 0.15) is 0 Å². The summed E-state index contributed by atoms with van der Waals surface area (Å²) in [5, 5.41) is 15.1. The number of nitrogens with one attached hydrogen (secondary N) is 1. The van der Waals surface area contributed by atoms with Crippen LogP contribution in [0.5, 0.6) is 5.75 Å². The zero-order chi connectivity index (χ0) is 17.3. The number of rotatable bonds is 4. The minimum absolute atomic E-state index is 0.00372. The lowest BCUT2D eigenvalue weighted by molar-refractivity contribution is 0.0991. The van der Waals surface area contributed by atoms with E-state index in [9.17, 15) is 9.59 Å². The molecule has 0 unspecified atom stereocenters. The zero-order valence-electron chi connectivity index (χ0n) is 12.6. The van der Waals surface area contributed by atoms with Crippen LogP contribution in [0.3, 0.4) is 0 Å². The summed E-state index contributed by atoms with van der Waals surface area (Å²) in [5.74, 6) is -1.09. The summed E-state index contributed by atoms with van der Waals surface area (Å²) in [6.07, 6.45) is 1.63. The topological polar surface area (TPSA) is 138 Å². The van der Waals surface area contributed by atoms with Crippen molar-refractivity contribution in [3.63, 3.8) is 0 Å². The monoisotopic (exact) mass is 348 g/mol. The van der Waals surface area contributed by atoms with Gasteiger partial charge in [0.25, 0.3) is 5.91 Å². The lowest BCUT2D eigenvalue weighted by atomic mass is 10.3. The molecule has 0 spiro atoms. The predicted octanol–water partition coefficient (Wildman–Crippen LogP) is 0.829. The van der Waals surface area contributed by atoms with Crippen molar-refractivity contribution in [1.82, 2.24) is 20.0 Å². The Morgan fingerprint density at radius 2 is 2.25 bits per heavy atom. The number of carbonyl (C=O) groups excluding carboxylic acids is 1. The first-order valence-electron chi connectivity index (χ1n) is 6.63. The van der Waals surface area contributed by atoms with Gasteiger partial charge in [-0.3, -0.25) is 10.1 Å². The molecule has 3 rings (SSSR count). The van der Waals surface area contributed by atoms with Crippen molar-refractivity contribution < 1.29 is 13.9 Å². The van der Waals surface area contributed by atoms with Gasteiger partial charge in [-0.05, 0) is 13.0 Å². The van der Waals surface area contributed by atoms with Crippen molar-refractivity contribution in [1.29, 1.82) is 0 Å². The van der Waals surface area contributed by atoms with Crippen molar-refractivity contribution in [2.75, 3.05) is 18.2 Å². The normalized spacial score (nSPS) is 10.6. The second-order valence-electron chi connectivity index (χ2n) is 4.62. The van der Waals surface area contributed by atoms with E-state index in [-0.39, 0.29) is 22.3 Å². The van der Waals surface area contributed by atoms with E-state index in [0.29, 0.717) is 5.13 Å². The van der Waals surface area contributed by atoms with Gasteiger partial charge in [-0.15, -0.1) is 10.2 Å². The van der Waals surface area contributed by atoms with Crippen LogP contribution in [0.25, 0.3) is 5.13 Å². The lowest BCUT2D eigenvalue weighted by Crippen LogP contribution is -2.16. The van der Waals surface area contributed by atoms with Gasteiger partial charge in [-0.1, -0.05) is 11.3 Å². The molecule has 0 aliphatic heterocycles. The van der Waals surface area contributed by atoms with E-state index in [1.165, 1.54) is 13.2 Å². The van der Waals surface area contributed by atoms with E-state index in [0.717, 1.165) is 17.0 Å². The highest BCUT2D eigenvalue weighted by molar-refractivity contribution is 7.17. The Balaban J connectivity index is 1.82. The molecule has 0 bridgehead atoms. The van der Waals surface area contributed by atoms with Gasteiger partial charge in [0, 0.05) is 18.0 Å². The molecule has 3 aromatic rings. The Hall–Kier alpha value is -3.21. The molecule has 1 amide bonds. The van der Waals surface area contributed by atoms with Crippen molar-refractivity contribution in [2.45, 2.75) is 6.92 Å². The van der Waals surface area contributed by atoms with E-state index >= 15 is 0 Å². The Morgan fingerprint density at radius 3 is 2.88 bits per heavy atom. The number of methoxy groups -OCH3 is 1. The second-order valence-corrected chi connectivity index (χ2v) is 5.57. The molecular formula is C13H12N6O4S. The van der Waals surface area contributed by atoms with Gasteiger partial charge in [-0.2, -0.15) is 5.10 Å². The fraction of sp³-hybridized carbons (Fsp3) is 0.154. The second kappa shape index (κ2) is 6.12. The van der Waals surface area contributed by atoms with Crippen LogP contribution in [0.4, 0.5) is 10.8 Å². The third-order valence-corrected chi connectivity index (χ3v) is 3.83. The number of amides is 1. The molecule has 0 atom stereocenters. The molecule has 0 radical (unpaired) electrons. The van der Waals surface area contributed by atoms with Gasteiger partial charge < -0.3 is 14.9 Å². The number of anilines is 2. The number of hydrogen-bond acceptors (Lipinski definition) is 9. The fourth-order valence-corrected chi connectivity index (χ4v) is 2.65. The quantitative estimate of drug-likeness (QED) is 0.707. The number of aromatic nitrogens is 4. The average Bonchev–Trinajstić information content (AvgIpc) is 3.15. The summed E-state index contributed by atoms with van der Waals surface area (Å²) < 4.78 is 11.3. The number of ether oxygens (including phenoxy) is 1. The summed E-state index contributed by atoms with van der Waals surface area (Å²) in [7, 11) is 1.28. The minimum atomic E-state index is -0.840. The van der Waals surface area contributed by atoms with Gasteiger partial charge in [0.05, 0.1) is 12.8 Å². The predicted molar refractivity (Wildman–Crippen MR) is 85.7 cm³/mol. The number of nitrogens with two attached hydrogens (primary N) is 1. The van der Waals surface area contributed by atoms with Crippen LogP contribution in [0.1, 0.15) is 16.2 Å². The van der Waals surface area contributed by atoms with Crippen LogP contribution in [0.15, 0.2) is 27.5 Å². The van der Waals surface area contributed by atoms with Crippen LogP contribution in [-0.4, -0.2) is 33.0 Å². The standard InChI is InChI=1S/C13H12N6O4S/c1-6-3-4-15-19(6)13-18-17-12(24-13)16-10(20)8-5-7(14)9(22-2)11(21)23-8/h3-5H,14H2,1-2H3,(H,16,17,20). The van der Waals surface area contributed by atoms with Gasteiger partial charge in [0.15, 0.2) is 5.76 Å². The Kier molecular flexibility index (Phi) is 4.00. The first-order valence-corrected chi connectivity index (χ1v) is 7.44. The highest BCUT2D eigenvalue weighted by Gasteiger charge is 2.17. The molecule has 0 saturated heterocycles. The van der Waals surface area contributed by atoms with E-state index < -0.39 is 11.5 Å². The van der Waals surface area contributed by atoms with Crippen LogP contribution in [0, 0.1) is 6.92 Å². The molecule has 0 aromatic carbocycles. The highest BCUT2D eigenvalue weighted by Crippen LogP contribution is 2.21. The first-order chi connectivity index (χ1) is 11.5. The number of carbonyl (C=O) groups is 1. The van der Waals surface area contributed by atoms with E-state index in [1.807, 2.05) is 13.0 Å². The summed E-state index contributed by atoms with van der Waals surface area (Å²) in [6.45, 7) is 1.86. The summed E-state index contributed by atoms with van der Waals surface area (Å²) in [4.78, 5) is 23.8. The molecule has 0 aliphatic rings. The van der Waals surface area contributed by atoms with E-state index in [1.54, 1.807) is 10.9 Å². The number of aryl methyl sites for hydroxylation is 1. The summed E-state index contributed by atoms with van der Waals surface area (Å²) in [5.41, 5.74) is 5.68. The molecule has 0 aliphatic carbocycles. The van der Waals surface area contributed by atoms with Crippen LogP contribution < -0.4 is 21.4 Å². The number of nitrogen functional groups attached to an aromatic ring is 1. The molecular weight excluding hydrogens is 336 g/mol. The summed E-state index contributed by atoms with van der Waals surface area (Å²) >= 11 is 1.11. The highest BCUT2D eigenvalue weighted by atomic mass is 32.1. The molecule has 10 nitrogen and oxygen atoms in total. The maximum Gasteiger partial charge on any atom is 0.381 e. The van der Waals surface area contributed by atoms with Crippen molar-refractivity contribution in [3.8, 4) is 10.9 Å². The van der Waals surface area contributed by atoms with Crippen LogP contribution in [-0.2, 0) is 0 Å². The third kappa shape index (κ3) is 2.84. The smallest absolute Gasteiger partial charge is 0.381 e. The Labute approximate surface area is 138 Å². The van der Waals surface area contributed by atoms with Gasteiger partial charge >= 0.3 is 5.63 Å². The summed E-state index contributed by atoms with van der Waals surface area (Å²) in [6, 6.07) is 3.02. The zero-order valence-corrected chi connectivity index (χ0v) is 13.5. The van der Waals surface area contributed by atoms with Crippen molar-refractivity contribution in [3.05, 3.63) is 40.2 Å². The largest absolute Gasteiger partial charge is 0.488 e. The van der Waals surface area contributed by atoms with Gasteiger partial charge in [0.2, 0.25) is 16.0 Å². The first kappa shape index (κ1) is 15.7. The number of nitrogens with zero attached hydrogens (tertiary/aromatic N) is 4.